The van der Waals surface area contributed by atoms with Gasteiger partial charge in [-0.25, -0.2) is 9.18 Å². The lowest BCUT2D eigenvalue weighted by molar-refractivity contribution is 0.148. The van der Waals surface area contributed by atoms with Crippen LogP contribution in [0.25, 0.3) is 0 Å². The highest BCUT2D eigenvalue weighted by Crippen LogP contribution is 2.11. The summed E-state index contributed by atoms with van der Waals surface area (Å²) in [5.74, 6) is 0.105. The summed E-state index contributed by atoms with van der Waals surface area (Å²) in [6.07, 6.45) is 1.11. The van der Waals surface area contributed by atoms with Crippen LogP contribution in [0.5, 0.6) is 0 Å². The predicted molar refractivity (Wildman–Crippen MR) is 75.2 cm³/mol. The number of rotatable bonds is 6. The first-order valence-electron chi connectivity index (χ1n) is 6.63. The highest BCUT2D eigenvalue weighted by molar-refractivity contribution is 5.73. The fraction of sp³-hybridized carbons (Fsp3) is 0.267. The van der Waals surface area contributed by atoms with Crippen molar-refractivity contribution in [3.63, 3.8) is 0 Å². The molecule has 21 heavy (non-hydrogen) atoms. The Bertz CT molecular complexity index is 572. The molecule has 112 valence electrons. The number of carbonyl (C=O) groups is 1. The lowest BCUT2D eigenvalue weighted by atomic mass is 10.1. The summed E-state index contributed by atoms with van der Waals surface area (Å²) in [5, 5.41) is 14.9. The van der Waals surface area contributed by atoms with Gasteiger partial charge in [-0.15, -0.1) is 0 Å². The molecule has 2 rings (SSSR count). The van der Waals surface area contributed by atoms with Gasteiger partial charge in [-0.1, -0.05) is 12.1 Å². The minimum absolute atomic E-state index is 0.0549. The Morgan fingerprint density at radius 1 is 1.29 bits per heavy atom. The van der Waals surface area contributed by atoms with Gasteiger partial charge in [0.1, 0.15) is 17.7 Å². The number of halogens is 1. The molecule has 0 radical (unpaired) electrons. The van der Waals surface area contributed by atoms with Crippen LogP contribution in [0, 0.1) is 5.82 Å². The largest absolute Gasteiger partial charge is 0.467 e. The second kappa shape index (κ2) is 7.44. The molecule has 0 spiro atoms. The SMILES string of the molecule is O=C(NCCc1cccc(F)c1)NCC(O)c1ccco1. The zero-order valence-corrected chi connectivity index (χ0v) is 11.4. The van der Waals surface area contributed by atoms with Crippen molar-refractivity contribution in [1.82, 2.24) is 10.6 Å². The average Bonchev–Trinajstić information content (AvgIpc) is 2.99. The van der Waals surface area contributed by atoms with Crippen molar-refractivity contribution >= 4 is 6.03 Å². The first kappa shape index (κ1) is 15.1. The number of aliphatic hydroxyl groups is 1. The van der Waals surface area contributed by atoms with Gasteiger partial charge in [0, 0.05) is 6.54 Å². The standard InChI is InChI=1S/C15H17FN2O3/c16-12-4-1-3-11(9-12)6-7-17-15(20)18-10-13(19)14-5-2-8-21-14/h1-5,8-9,13,19H,6-7,10H2,(H2,17,18,20). The van der Waals surface area contributed by atoms with E-state index in [9.17, 15) is 14.3 Å². The van der Waals surface area contributed by atoms with Crippen LogP contribution in [0.4, 0.5) is 9.18 Å². The van der Waals surface area contributed by atoms with Crippen molar-refractivity contribution in [2.24, 2.45) is 0 Å². The Morgan fingerprint density at radius 3 is 2.86 bits per heavy atom. The maximum atomic E-state index is 13.0. The Hall–Kier alpha value is -2.34. The number of hydrogen-bond donors (Lipinski definition) is 3. The quantitative estimate of drug-likeness (QED) is 0.762. The smallest absolute Gasteiger partial charge is 0.314 e. The maximum absolute atomic E-state index is 13.0. The number of hydrogen-bond acceptors (Lipinski definition) is 3. The summed E-state index contributed by atoms with van der Waals surface area (Å²) in [6, 6.07) is 9.14. The van der Waals surface area contributed by atoms with Crippen LogP contribution < -0.4 is 10.6 Å². The number of benzene rings is 1. The molecule has 0 aliphatic rings. The van der Waals surface area contributed by atoms with Gasteiger partial charge in [0.25, 0.3) is 0 Å². The van der Waals surface area contributed by atoms with E-state index < -0.39 is 12.1 Å². The van der Waals surface area contributed by atoms with Crippen molar-refractivity contribution in [2.45, 2.75) is 12.5 Å². The van der Waals surface area contributed by atoms with E-state index in [4.69, 9.17) is 4.42 Å². The van der Waals surface area contributed by atoms with Crippen molar-refractivity contribution in [3.8, 4) is 0 Å². The summed E-state index contributed by atoms with van der Waals surface area (Å²) in [4.78, 5) is 11.5. The molecule has 0 aliphatic heterocycles. The topological polar surface area (TPSA) is 74.5 Å². The van der Waals surface area contributed by atoms with Crippen molar-refractivity contribution in [3.05, 3.63) is 59.8 Å². The van der Waals surface area contributed by atoms with E-state index in [1.807, 2.05) is 0 Å². The fourth-order valence-electron chi connectivity index (χ4n) is 1.85. The third-order valence-corrected chi connectivity index (χ3v) is 2.92. The zero-order valence-electron chi connectivity index (χ0n) is 11.4. The van der Waals surface area contributed by atoms with E-state index >= 15 is 0 Å². The van der Waals surface area contributed by atoms with Gasteiger partial charge in [-0.2, -0.15) is 0 Å². The van der Waals surface area contributed by atoms with Crippen molar-refractivity contribution < 1.29 is 18.7 Å². The van der Waals surface area contributed by atoms with Crippen LogP contribution in [0.15, 0.2) is 47.1 Å². The molecule has 1 heterocycles. The molecule has 5 nitrogen and oxygen atoms in total. The van der Waals surface area contributed by atoms with E-state index in [-0.39, 0.29) is 12.4 Å². The molecule has 3 N–H and O–H groups in total. The number of furan rings is 1. The van der Waals surface area contributed by atoms with Crippen LogP contribution in [0.3, 0.4) is 0 Å². The average molecular weight is 292 g/mol. The zero-order chi connectivity index (χ0) is 15.1. The van der Waals surface area contributed by atoms with Gasteiger partial charge in [-0.3, -0.25) is 0 Å². The van der Waals surface area contributed by atoms with Crippen LogP contribution in [0.2, 0.25) is 0 Å². The van der Waals surface area contributed by atoms with Crippen LogP contribution in [-0.2, 0) is 6.42 Å². The van der Waals surface area contributed by atoms with Gasteiger partial charge in [-0.05, 0) is 36.2 Å². The first-order chi connectivity index (χ1) is 10.1. The molecular weight excluding hydrogens is 275 g/mol. The monoisotopic (exact) mass is 292 g/mol. The molecule has 2 aromatic rings. The molecular formula is C15H17FN2O3. The molecule has 6 heteroatoms. The molecule has 0 bridgehead atoms. The summed E-state index contributed by atoms with van der Waals surface area (Å²) >= 11 is 0. The molecule has 0 fully saturated rings. The molecule has 1 atom stereocenters. The lowest BCUT2D eigenvalue weighted by Crippen LogP contribution is -2.38. The summed E-state index contributed by atoms with van der Waals surface area (Å²) in [6.45, 7) is 0.436. The van der Waals surface area contributed by atoms with E-state index in [2.05, 4.69) is 10.6 Å². The number of urea groups is 1. The minimum atomic E-state index is -0.881. The third-order valence-electron chi connectivity index (χ3n) is 2.92. The molecule has 1 unspecified atom stereocenters. The van der Waals surface area contributed by atoms with Crippen molar-refractivity contribution in [1.29, 1.82) is 0 Å². The van der Waals surface area contributed by atoms with Crippen LogP contribution >= 0.6 is 0 Å². The van der Waals surface area contributed by atoms with Gasteiger partial charge in [0.05, 0.1) is 12.8 Å². The van der Waals surface area contributed by atoms with Crippen LogP contribution in [0.1, 0.15) is 17.4 Å². The van der Waals surface area contributed by atoms with E-state index in [0.29, 0.717) is 18.7 Å². The Morgan fingerprint density at radius 2 is 2.14 bits per heavy atom. The lowest BCUT2D eigenvalue weighted by Gasteiger charge is -2.10. The molecule has 0 aliphatic carbocycles. The number of nitrogens with one attached hydrogen (secondary N) is 2. The number of amides is 2. The van der Waals surface area contributed by atoms with Gasteiger partial charge in [0.2, 0.25) is 0 Å². The Balaban J connectivity index is 1.66. The van der Waals surface area contributed by atoms with Gasteiger partial charge in [0.15, 0.2) is 0 Å². The molecule has 1 aromatic carbocycles. The summed E-state index contributed by atoms with van der Waals surface area (Å²) in [7, 11) is 0. The summed E-state index contributed by atoms with van der Waals surface area (Å²) in [5.41, 5.74) is 0.811. The van der Waals surface area contributed by atoms with Gasteiger partial charge >= 0.3 is 6.03 Å². The Labute approximate surface area is 121 Å². The van der Waals surface area contributed by atoms with Crippen molar-refractivity contribution in [2.75, 3.05) is 13.1 Å². The van der Waals surface area contributed by atoms with Gasteiger partial charge < -0.3 is 20.2 Å². The molecule has 0 saturated carbocycles. The second-order valence-corrected chi connectivity index (χ2v) is 4.55. The highest BCUT2D eigenvalue weighted by atomic mass is 19.1. The molecule has 2 amide bonds. The summed E-state index contributed by atoms with van der Waals surface area (Å²) < 4.78 is 18.0. The Kier molecular flexibility index (Phi) is 5.34. The normalized spacial score (nSPS) is 11.9. The van der Waals surface area contributed by atoms with E-state index in [0.717, 1.165) is 5.56 Å². The highest BCUT2D eigenvalue weighted by Gasteiger charge is 2.11. The molecule has 0 saturated heterocycles. The molecule has 1 aromatic heterocycles. The maximum Gasteiger partial charge on any atom is 0.314 e. The second-order valence-electron chi connectivity index (χ2n) is 4.55. The predicted octanol–water partition coefficient (Wildman–Crippen LogP) is 1.99. The number of carbonyl (C=O) groups excluding carboxylic acids is 1. The van der Waals surface area contributed by atoms with Crippen LogP contribution in [-0.4, -0.2) is 24.2 Å². The first-order valence-corrected chi connectivity index (χ1v) is 6.63. The van der Waals surface area contributed by atoms with E-state index in [1.165, 1.54) is 18.4 Å². The third kappa shape index (κ3) is 4.92. The van der Waals surface area contributed by atoms with E-state index in [1.54, 1.807) is 24.3 Å². The minimum Gasteiger partial charge on any atom is -0.467 e. The number of aliphatic hydroxyl groups excluding tert-OH is 1. The fourth-order valence-corrected chi connectivity index (χ4v) is 1.85.